The molecule has 2 rings (SSSR count). The van der Waals surface area contributed by atoms with Crippen LogP contribution >= 0.6 is 15.9 Å². The number of halogens is 1. The van der Waals surface area contributed by atoms with Gasteiger partial charge in [-0.05, 0) is 34.5 Å². The van der Waals surface area contributed by atoms with Crippen LogP contribution in [0.4, 0.5) is 5.95 Å². The quantitative estimate of drug-likeness (QED) is 0.876. The molecule has 3 nitrogen and oxygen atoms in total. The van der Waals surface area contributed by atoms with Gasteiger partial charge in [0.25, 0.3) is 0 Å². The second kappa shape index (κ2) is 5.07. The first-order valence-corrected chi connectivity index (χ1v) is 5.82. The second-order valence-electron chi connectivity index (χ2n) is 3.49. The van der Waals surface area contributed by atoms with Crippen molar-refractivity contribution >= 4 is 21.9 Å². The number of anilines is 1. The Labute approximate surface area is 103 Å². The molecule has 0 saturated heterocycles. The summed E-state index contributed by atoms with van der Waals surface area (Å²) in [7, 11) is 0. The molecule has 4 heteroatoms. The van der Waals surface area contributed by atoms with Crippen molar-refractivity contribution < 1.29 is 0 Å². The van der Waals surface area contributed by atoms with Crippen LogP contribution in [-0.4, -0.2) is 9.97 Å². The van der Waals surface area contributed by atoms with E-state index in [-0.39, 0.29) is 0 Å². The van der Waals surface area contributed by atoms with Crippen molar-refractivity contribution in [3.63, 3.8) is 0 Å². The molecule has 0 saturated carbocycles. The van der Waals surface area contributed by atoms with Gasteiger partial charge in [-0.1, -0.05) is 30.3 Å². The summed E-state index contributed by atoms with van der Waals surface area (Å²) in [5, 5.41) is 3.19. The van der Waals surface area contributed by atoms with Crippen molar-refractivity contribution in [2.45, 2.75) is 13.5 Å². The van der Waals surface area contributed by atoms with Crippen LogP contribution in [0.15, 0.2) is 41.0 Å². The van der Waals surface area contributed by atoms with E-state index in [1.165, 1.54) is 5.56 Å². The molecule has 1 aromatic carbocycles. The number of aryl methyl sites for hydroxylation is 1. The molecule has 1 heterocycles. The van der Waals surface area contributed by atoms with E-state index in [2.05, 4.69) is 43.3 Å². The SMILES string of the molecule is Cc1cc(Br)nc(NCc2ccccc2)n1. The molecule has 1 aromatic heterocycles. The monoisotopic (exact) mass is 277 g/mol. The molecule has 0 radical (unpaired) electrons. The van der Waals surface area contributed by atoms with E-state index in [1.807, 2.05) is 31.2 Å². The van der Waals surface area contributed by atoms with Gasteiger partial charge in [0.1, 0.15) is 4.60 Å². The maximum Gasteiger partial charge on any atom is 0.224 e. The van der Waals surface area contributed by atoms with E-state index in [4.69, 9.17) is 0 Å². The minimum Gasteiger partial charge on any atom is -0.350 e. The molecule has 0 unspecified atom stereocenters. The molecule has 16 heavy (non-hydrogen) atoms. The minimum atomic E-state index is 0.649. The summed E-state index contributed by atoms with van der Waals surface area (Å²) < 4.78 is 0.801. The highest BCUT2D eigenvalue weighted by Gasteiger charge is 1.99. The Morgan fingerprint density at radius 2 is 1.94 bits per heavy atom. The molecule has 82 valence electrons. The van der Waals surface area contributed by atoms with Gasteiger partial charge < -0.3 is 5.32 Å². The third-order valence-corrected chi connectivity index (χ3v) is 2.52. The number of nitrogens with one attached hydrogen (secondary N) is 1. The summed E-state index contributed by atoms with van der Waals surface area (Å²) in [5.74, 6) is 0.649. The summed E-state index contributed by atoms with van der Waals surface area (Å²) in [6, 6.07) is 12.1. The van der Waals surface area contributed by atoms with Crippen LogP contribution < -0.4 is 5.32 Å². The summed E-state index contributed by atoms with van der Waals surface area (Å²) in [6.45, 7) is 2.68. The van der Waals surface area contributed by atoms with Crippen molar-refractivity contribution in [3.05, 3.63) is 52.3 Å². The van der Waals surface area contributed by atoms with E-state index in [0.29, 0.717) is 5.95 Å². The molecule has 0 spiro atoms. The Bertz CT molecular complexity index is 451. The molecule has 0 aliphatic heterocycles. The third kappa shape index (κ3) is 3.03. The van der Waals surface area contributed by atoms with E-state index in [0.717, 1.165) is 16.8 Å². The van der Waals surface area contributed by atoms with Gasteiger partial charge in [0, 0.05) is 12.2 Å². The molecule has 0 aliphatic carbocycles. The number of aromatic nitrogens is 2. The zero-order chi connectivity index (χ0) is 11.4. The van der Waals surface area contributed by atoms with Crippen molar-refractivity contribution in [2.24, 2.45) is 0 Å². The highest BCUT2D eigenvalue weighted by molar-refractivity contribution is 9.10. The fraction of sp³-hybridized carbons (Fsp3) is 0.167. The molecule has 1 N–H and O–H groups in total. The smallest absolute Gasteiger partial charge is 0.224 e. The van der Waals surface area contributed by atoms with E-state index in [1.54, 1.807) is 0 Å². The molecule has 2 aromatic rings. The third-order valence-electron chi connectivity index (χ3n) is 2.12. The van der Waals surface area contributed by atoms with Crippen LogP contribution in [0.3, 0.4) is 0 Å². The molecule has 0 atom stereocenters. The largest absolute Gasteiger partial charge is 0.350 e. The molecule has 0 amide bonds. The van der Waals surface area contributed by atoms with Crippen LogP contribution in [0.2, 0.25) is 0 Å². The predicted molar refractivity (Wildman–Crippen MR) is 68.2 cm³/mol. The summed E-state index contributed by atoms with van der Waals surface area (Å²) >= 11 is 3.35. The summed E-state index contributed by atoms with van der Waals surface area (Å²) in [4.78, 5) is 8.54. The van der Waals surface area contributed by atoms with Gasteiger partial charge in [-0.15, -0.1) is 0 Å². The van der Waals surface area contributed by atoms with Crippen molar-refractivity contribution in [3.8, 4) is 0 Å². The van der Waals surface area contributed by atoms with Gasteiger partial charge in [0.2, 0.25) is 5.95 Å². The lowest BCUT2D eigenvalue weighted by Gasteiger charge is -2.05. The lowest BCUT2D eigenvalue weighted by atomic mass is 10.2. The first kappa shape index (κ1) is 11.1. The zero-order valence-corrected chi connectivity index (χ0v) is 10.5. The van der Waals surface area contributed by atoms with Gasteiger partial charge in [0.15, 0.2) is 0 Å². The van der Waals surface area contributed by atoms with Crippen LogP contribution in [0.1, 0.15) is 11.3 Å². The minimum absolute atomic E-state index is 0.649. The maximum absolute atomic E-state index is 4.30. The number of benzene rings is 1. The Morgan fingerprint density at radius 1 is 1.19 bits per heavy atom. The predicted octanol–water partition coefficient (Wildman–Crippen LogP) is 3.16. The van der Waals surface area contributed by atoms with E-state index < -0.39 is 0 Å². The highest BCUT2D eigenvalue weighted by Crippen LogP contribution is 2.11. The number of rotatable bonds is 3. The Hall–Kier alpha value is -1.42. The van der Waals surface area contributed by atoms with Gasteiger partial charge in [-0.3, -0.25) is 0 Å². The Balaban J connectivity index is 2.05. The molecule has 0 fully saturated rings. The molecular formula is C12H12BrN3. The maximum atomic E-state index is 4.30. The average Bonchev–Trinajstić information content (AvgIpc) is 2.27. The molecule has 0 aliphatic rings. The van der Waals surface area contributed by atoms with Crippen LogP contribution in [-0.2, 0) is 6.54 Å². The fourth-order valence-corrected chi connectivity index (χ4v) is 1.89. The summed E-state index contributed by atoms with van der Waals surface area (Å²) in [5.41, 5.74) is 2.15. The zero-order valence-electron chi connectivity index (χ0n) is 8.94. The van der Waals surface area contributed by atoms with E-state index in [9.17, 15) is 0 Å². The van der Waals surface area contributed by atoms with Gasteiger partial charge in [-0.2, -0.15) is 0 Å². The van der Waals surface area contributed by atoms with Crippen molar-refractivity contribution in [1.82, 2.24) is 9.97 Å². The van der Waals surface area contributed by atoms with Crippen LogP contribution in [0.5, 0.6) is 0 Å². The van der Waals surface area contributed by atoms with E-state index >= 15 is 0 Å². The van der Waals surface area contributed by atoms with Crippen LogP contribution in [0, 0.1) is 6.92 Å². The number of hydrogen-bond donors (Lipinski definition) is 1. The average molecular weight is 278 g/mol. The van der Waals surface area contributed by atoms with Crippen molar-refractivity contribution in [2.75, 3.05) is 5.32 Å². The molecule has 0 bridgehead atoms. The number of nitrogens with zero attached hydrogens (tertiary/aromatic N) is 2. The Kier molecular flexibility index (Phi) is 3.51. The normalized spacial score (nSPS) is 10.1. The highest BCUT2D eigenvalue weighted by atomic mass is 79.9. The fourth-order valence-electron chi connectivity index (χ4n) is 1.39. The first-order chi connectivity index (χ1) is 7.74. The standard InChI is InChI=1S/C12H12BrN3/c1-9-7-11(13)16-12(15-9)14-8-10-5-3-2-4-6-10/h2-7H,8H2,1H3,(H,14,15,16). The molecular weight excluding hydrogens is 266 g/mol. The Morgan fingerprint density at radius 3 is 2.62 bits per heavy atom. The lowest BCUT2D eigenvalue weighted by Crippen LogP contribution is -2.04. The van der Waals surface area contributed by atoms with Gasteiger partial charge in [0.05, 0.1) is 0 Å². The van der Waals surface area contributed by atoms with Gasteiger partial charge in [-0.25, -0.2) is 9.97 Å². The number of hydrogen-bond acceptors (Lipinski definition) is 3. The van der Waals surface area contributed by atoms with Crippen molar-refractivity contribution in [1.29, 1.82) is 0 Å². The first-order valence-electron chi connectivity index (χ1n) is 5.03. The lowest BCUT2D eigenvalue weighted by molar-refractivity contribution is 1.02. The van der Waals surface area contributed by atoms with Crippen LogP contribution in [0.25, 0.3) is 0 Å². The van der Waals surface area contributed by atoms with Gasteiger partial charge >= 0.3 is 0 Å². The second-order valence-corrected chi connectivity index (χ2v) is 4.31. The summed E-state index contributed by atoms with van der Waals surface area (Å²) in [6.07, 6.45) is 0. The topological polar surface area (TPSA) is 37.8 Å².